The van der Waals surface area contributed by atoms with Crippen molar-refractivity contribution in [3.05, 3.63) is 83.7 Å². The molecule has 0 saturated carbocycles. The van der Waals surface area contributed by atoms with Crippen LogP contribution < -0.4 is 5.73 Å². The van der Waals surface area contributed by atoms with Crippen LogP contribution in [0.1, 0.15) is 23.6 Å². The highest BCUT2D eigenvalue weighted by Gasteiger charge is 2.27. The molecule has 1 aliphatic heterocycles. The number of fused-ring (bicyclic) bond motifs is 1. The second-order valence-electron chi connectivity index (χ2n) is 9.22. The van der Waals surface area contributed by atoms with Crippen LogP contribution >= 0.6 is 0 Å². The first-order chi connectivity index (χ1) is 18.2. The number of amides is 1. The second kappa shape index (κ2) is 10.6. The van der Waals surface area contributed by atoms with Gasteiger partial charge >= 0.3 is 0 Å². The maximum absolute atomic E-state index is 13.9. The number of primary amides is 1. The monoisotopic (exact) mass is 540 g/mol. The number of aromatic nitrogens is 2. The SMILES string of the molecule is NC(=O)C[C@H](Cc1cc(F)cc(F)c1)c1nc2cc[nH]c2cc1-c1ccc(S(=O)(=O)N2CCOCC2)cc1. The predicted octanol–water partition coefficient (Wildman–Crippen LogP) is 3.73. The summed E-state index contributed by atoms with van der Waals surface area (Å²) in [6.07, 6.45) is 1.75. The average Bonchev–Trinajstić information content (AvgIpc) is 3.35. The third-order valence-electron chi connectivity index (χ3n) is 6.57. The van der Waals surface area contributed by atoms with Crippen LogP contribution in [0.3, 0.4) is 0 Å². The fourth-order valence-corrected chi connectivity index (χ4v) is 6.21. The van der Waals surface area contributed by atoms with Crippen molar-refractivity contribution in [2.24, 2.45) is 5.73 Å². The number of pyridine rings is 1. The Bertz CT molecular complexity index is 1560. The minimum atomic E-state index is -3.68. The van der Waals surface area contributed by atoms with Gasteiger partial charge in [-0.1, -0.05) is 12.1 Å². The Labute approximate surface area is 218 Å². The van der Waals surface area contributed by atoms with E-state index in [2.05, 4.69) is 4.98 Å². The fraction of sp³-hybridized carbons (Fsp3) is 0.259. The third-order valence-corrected chi connectivity index (χ3v) is 8.49. The van der Waals surface area contributed by atoms with Gasteiger partial charge in [0.15, 0.2) is 0 Å². The maximum Gasteiger partial charge on any atom is 0.243 e. The van der Waals surface area contributed by atoms with E-state index in [1.54, 1.807) is 24.4 Å². The lowest BCUT2D eigenvalue weighted by atomic mass is 9.87. The van der Waals surface area contributed by atoms with E-state index < -0.39 is 33.5 Å². The first-order valence-corrected chi connectivity index (χ1v) is 13.5. The Morgan fingerprint density at radius 2 is 1.74 bits per heavy atom. The number of carbonyl (C=O) groups excluding carboxylic acids is 1. The van der Waals surface area contributed by atoms with Gasteiger partial charge in [0.1, 0.15) is 11.6 Å². The molecule has 198 valence electrons. The largest absolute Gasteiger partial charge is 0.379 e. The number of nitrogens with two attached hydrogens (primary N) is 1. The summed E-state index contributed by atoms with van der Waals surface area (Å²) in [4.78, 5) is 20.1. The lowest BCUT2D eigenvalue weighted by Crippen LogP contribution is -2.40. The summed E-state index contributed by atoms with van der Waals surface area (Å²) in [5.74, 6) is -2.60. The number of benzene rings is 2. The Kier molecular flexibility index (Phi) is 7.24. The number of H-pyrrole nitrogens is 1. The molecule has 3 N–H and O–H groups in total. The summed E-state index contributed by atoms with van der Waals surface area (Å²) in [7, 11) is -3.68. The van der Waals surface area contributed by atoms with Crippen molar-refractivity contribution in [3.63, 3.8) is 0 Å². The number of nitrogens with one attached hydrogen (secondary N) is 1. The summed E-state index contributed by atoms with van der Waals surface area (Å²) in [6, 6.07) is 13.3. The van der Waals surface area contributed by atoms with Gasteiger partial charge in [0.25, 0.3) is 0 Å². The van der Waals surface area contributed by atoms with Crippen LogP contribution in [0.4, 0.5) is 8.78 Å². The van der Waals surface area contributed by atoms with Crippen LogP contribution in [0.2, 0.25) is 0 Å². The molecule has 0 radical (unpaired) electrons. The van der Waals surface area contributed by atoms with Crippen LogP contribution in [0.15, 0.2) is 65.7 Å². The van der Waals surface area contributed by atoms with Gasteiger partial charge in [-0.3, -0.25) is 9.78 Å². The molecule has 5 rings (SSSR count). The number of nitrogens with zero attached hydrogens (tertiary/aromatic N) is 2. The lowest BCUT2D eigenvalue weighted by molar-refractivity contribution is -0.118. The summed E-state index contributed by atoms with van der Waals surface area (Å²) < 4.78 is 60.6. The van der Waals surface area contributed by atoms with Gasteiger partial charge in [0, 0.05) is 43.3 Å². The molecule has 0 aliphatic carbocycles. The molecule has 2 aromatic carbocycles. The Morgan fingerprint density at radius 1 is 1.05 bits per heavy atom. The fourth-order valence-electron chi connectivity index (χ4n) is 4.80. The number of carbonyl (C=O) groups is 1. The van der Waals surface area contributed by atoms with Gasteiger partial charge in [-0.25, -0.2) is 17.2 Å². The van der Waals surface area contributed by atoms with E-state index in [4.69, 9.17) is 15.5 Å². The van der Waals surface area contributed by atoms with Gasteiger partial charge in [0.05, 0.1) is 34.8 Å². The summed E-state index contributed by atoms with van der Waals surface area (Å²) >= 11 is 0. The number of sulfonamides is 1. The van der Waals surface area contributed by atoms with Crippen LogP contribution in [0.5, 0.6) is 0 Å². The quantitative estimate of drug-likeness (QED) is 0.353. The molecule has 38 heavy (non-hydrogen) atoms. The van der Waals surface area contributed by atoms with E-state index in [0.717, 1.165) is 11.6 Å². The van der Waals surface area contributed by atoms with E-state index in [1.807, 2.05) is 6.07 Å². The number of ether oxygens (including phenoxy) is 1. The molecule has 0 bridgehead atoms. The zero-order valence-corrected chi connectivity index (χ0v) is 21.2. The molecular formula is C27H26F2N4O4S. The van der Waals surface area contributed by atoms with Crippen molar-refractivity contribution in [1.82, 2.24) is 14.3 Å². The smallest absolute Gasteiger partial charge is 0.243 e. The molecule has 2 aromatic heterocycles. The minimum Gasteiger partial charge on any atom is -0.379 e. The number of rotatable bonds is 8. The normalized spacial score (nSPS) is 15.5. The molecule has 1 aliphatic rings. The van der Waals surface area contributed by atoms with E-state index in [1.165, 1.54) is 28.6 Å². The Balaban J connectivity index is 1.56. The van der Waals surface area contributed by atoms with Crippen LogP contribution in [0.25, 0.3) is 22.2 Å². The van der Waals surface area contributed by atoms with E-state index in [-0.39, 0.29) is 30.8 Å². The van der Waals surface area contributed by atoms with Crippen molar-refractivity contribution in [2.45, 2.75) is 23.7 Å². The third kappa shape index (κ3) is 5.45. The van der Waals surface area contributed by atoms with Gasteiger partial charge in [-0.05, 0) is 53.9 Å². The first-order valence-electron chi connectivity index (χ1n) is 12.1. The number of hydrogen-bond donors (Lipinski definition) is 2. The van der Waals surface area contributed by atoms with Crippen LogP contribution in [-0.4, -0.2) is 54.9 Å². The lowest BCUT2D eigenvalue weighted by Gasteiger charge is -2.26. The van der Waals surface area contributed by atoms with E-state index in [9.17, 15) is 22.0 Å². The number of hydrogen-bond acceptors (Lipinski definition) is 5. The van der Waals surface area contributed by atoms with Crippen LogP contribution in [-0.2, 0) is 26.0 Å². The topological polar surface area (TPSA) is 118 Å². The Hall–Kier alpha value is -3.67. The number of halogens is 2. The number of aromatic amines is 1. The van der Waals surface area contributed by atoms with Crippen molar-refractivity contribution >= 4 is 27.0 Å². The summed E-state index contributed by atoms with van der Waals surface area (Å²) in [6.45, 7) is 1.27. The highest BCUT2D eigenvalue weighted by Crippen LogP contribution is 2.35. The highest BCUT2D eigenvalue weighted by molar-refractivity contribution is 7.89. The molecule has 8 nitrogen and oxygen atoms in total. The van der Waals surface area contributed by atoms with Crippen LogP contribution in [0, 0.1) is 11.6 Å². The number of morpholine rings is 1. The predicted molar refractivity (Wildman–Crippen MR) is 138 cm³/mol. The van der Waals surface area contributed by atoms with Crippen molar-refractivity contribution in [3.8, 4) is 11.1 Å². The van der Waals surface area contributed by atoms with Crippen molar-refractivity contribution < 1.29 is 26.7 Å². The molecule has 1 atom stereocenters. The molecule has 4 aromatic rings. The summed E-state index contributed by atoms with van der Waals surface area (Å²) in [5, 5.41) is 0. The maximum atomic E-state index is 13.9. The zero-order valence-electron chi connectivity index (χ0n) is 20.4. The molecule has 1 amide bonds. The molecule has 0 unspecified atom stereocenters. The molecule has 0 spiro atoms. The zero-order chi connectivity index (χ0) is 26.9. The van der Waals surface area contributed by atoms with Gasteiger partial charge in [-0.15, -0.1) is 0 Å². The first kappa shape index (κ1) is 26.0. The minimum absolute atomic E-state index is 0.0996. The van der Waals surface area contributed by atoms with Crippen molar-refractivity contribution in [1.29, 1.82) is 0 Å². The Morgan fingerprint density at radius 3 is 2.39 bits per heavy atom. The average molecular weight is 541 g/mol. The van der Waals surface area contributed by atoms with E-state index >= 15 is 0 Å². The van der Waals surface area contributed by atoms with Gasteiger partial charge < -0.3 is 15.5 Å². The van der Waals surface area contributed by atoms with E-state index in [0.29, 0.717) is 41.1 Å². The molecule has 1 saturated heterocycles. The summed E-state index contributed by atoms with van der Waals surface area (Å²) in [5.41, 5.74) is 9.15. The molecule has 3 heterocycles. The van der Waals surface area contributed by atoms with Crippen molar-refractivity contribution in [2.75, 3.05) is 26.3 Å². The molecule has 11 heteroatoms. The highest BCUT2D eigenvalue weighted by atomic mass is 32.2. The molecule has 1 fully saturated rings. The standard InChI is InChI=1S/C27H26F2N4O4S/c28-20-12-17(13-21(29)15-20)11-19(14-26(30)34)27-23(16-25-24(32-27)5-6-31-25)18-1-3-22(4-2-18)38(35,36)33-7-9-37-10-8-33/h1-6,12-13,15-16,19,31H,7-11,14H2,(H2,30,34)/t19-/m0/s1. The second-order valence-corrected chi connectivity index (χ2v) is 11.2. The van der Waals surface area contributed by atoms with Gasteiger partial charge in [-0.2, -0.15) is 4.31 Å². The van der Waals surface area contributed by atoms with Gasteiger partial charge in [0.2, 0.25) is 15.9 Å². The molecular weight excluding hydrogens is 514 g/mol.